The maximum atomic E-state index is 12.2. The number of aryl methyl sites for hydroxylation is 1. The number of carbonyl (C=O) groups excluding carboxylic acids is 1. The summed E-state index contributed by atoms with van der Waals surface area (Å²) in [7, 11) is 4.03. The monoisotopic (exact) mass is 332 g/mol. The predicted molar refractivity (Wildman–Crippen MR) is 94.6 cm³/mol. The van der Waals surface area contributed by atoms with E-state index in [9.17, 15) is 4.79 Å². The van der Waals surface area contributed by atoms with Crippen LogP contribution in [0.1, 0.15) is 39.6 Å². The van der Waals surface area contributed by atoms with Crippen LogP contribution in [0.5, 0.6) is 0 Å². The molecule has 23 heavy (non-hydrogen) atoms. The van der Waals surface area contributed by atoms with Crippen LogP contribution in [0.4, 0.5) is 0 Å². The number of thiazole rings is 1. The Morgan fingerprint density at radius 1 is 1.35 bits per heavy atom. The molecule has 0 bridgehead atoms. The number of nitrogens with zero attached hydrogens (tertiary/aromatic N) is 2. The summed E-state index contributed by atoms with van der Waals surface area (Å²) in [6.45, 7) is 3.04. The molecule has 1 amide bonds. The number of hydrogen-bond donors (Lipinski definition) is 2. The Balaban J connectivity index is 2.02. The molecule has 1 heterocycles. The van der Waals surface area contributed by atoms with Crippen molar-refractivity contribution in [2.75, 3.05) is 20.6 Å². The first-order chi connectivity index (χ1) is 11.0. The van der Waals surface area contributed by atoms with Crippen molar-refractivity contribution in [3.05, 3.63) is 51.5 Å². The van der Waals surface area contributed by atoms with E-state index in [4.69, 9.17) is 5.73 Å². The number of likely N-dealkylation sites (N-methyl/N-ethyl adjacent to an activating group) is 1. The summed E-state index contributed by atoms with van der Waals surface area (Å²) >= 11 is 1.41. The molecule has 3 N–H and O–H groups in total. The van der Waals surface area contributed by atoms with Crippen molar-refractivity contribution in [1.82, 2.24) is 15.2 Å². The zero-order valence-electron chi connectivity index (χ0n) is 13.9. The number of amides is 1. The molecule has 1 aromatic carbocycles. The van der Waals surface area contributed by atoms with Crippen LogP contribution in [0, 0.1) is 0 Å². The largest absolute Gasteiger partial charge is 0.349 e. The van der Waals surface area contributed by atoms with Gasteiger partial charge in [-0.15, -0.1) is 11.3 Å². The molecule has 0 aliphatic rings. The second kappa shape index (κ2) is 8.19. The van der Waals surface area contributed by atoms with E-state index in [0.717, 1.165) is 11.4 Å². The molecule has 1 aromatic heterocycles. The third-order valence-corrected chi connectivity index (χ3v) is 4.68. The molecule has 0 saturated heterocycles. The van der Waals surface area contributed by atoms with Crippen LogP contribution in [0.15, 0.2) is 29.6 Å². The van der Waals surface area contributed by atoms with Crippen LogP contribution in [0.3, 0.4) is 0 Å². The molecule has 6 heteroatoms. The van der Waals surface area contributed by atoms with Crippen LogP contribution in [0.25, 0.3) is 0 Å². The fourth-order valence-corrected chi connectivity index (χ4v) is 3.02. The number of hydrogen-bond acceptors (Lipinski definition) is 5. The van der Waals surface area contributed by atoms with E-state index in [2.05, 4.69) is 46.4 Å². The van der Waals surface area contributed by atoms with Gasteiger partial charge in [-0.05, 0) is 31.6 Å². The number of nitrogens with one attached hydrogen (secondary N) is 1. The molecule has 124 valence electrons. The van der Waals surface area contributed by atoms with E-state index in [1.54, 1.807) is 5.38 Å². The van der Waals surface area contributed by atoms with Gasteiger partial charge in [-0.2, -0.15) is 0 Å². The third kappa shape index (κ3) is 4.60. The lowest BCUT2D eigenvalue weighted by Crippen LogP contribution is -2.34. The van der Waals surface area contributed by atoms with E-state index >= 15 is 0 Å². The molecule has 2 rings (SSSR count). The summed E-state index contributed by atoms with van der Waals surface area (Å²) in [5.74, 6) is -0.155. The Labute approximate surface area is 141 Å². The van der Waals surface area contributed by atoms with E-state index in [0.29, 0.717) is 18.8 Å². The summed E-state index contributed by atoms with van der Waals surface area (Å²) in [6.07, 6.45) is 1.02. The molecule has 0 radical (unpaired) electrons. The molecule has 0 aliphatic carbocycles. The van der Waals surface area contributed by atoms with E-state index in [-0.39, 0.29) is 11.9 Å². The molecule has 5 nitrogen and oxygen atoms in total. The van der Waals surface area contributed by atoms with Gasteiger partial charge in [-0.1, -0.05) is 31.2 Å². The van der Waals surface area contributed by atoms with E-state index in [1.807, 2.05) is 14.1 Å². The Kier molecular flexibility index (Phi) is 6.27. The molecule has 0 saturated carbocycles. The average Bonchev–Trinajstić information content (AvgIpc) is 3.04. The number of benzene rings is 1. The summed E-state index contributed by atoms with van der Waals surface area (Å²) < 4.78 is 0. The van der Waals surface area contributed by atoms with Gasteiger partial charge in [-0.25, -0.2) is 4.98 Å². The minimum Gasteiger partial charge on any atom is -0.349 e. The summed E-state index contributed by atoms with van der Waals surface area (Å²) in [5.41, 5.74) is 8.47. The SMILES string of the molecule is CCc1ccc(C(CNC(=O)c2csc(CN)n2)N(C)C)cc1. The zero-order valence-corrected chi connectivity index (χ0v) is 14.7. The highest BCUT2D eigenvalue weighted by molar-refractivity contribution is 7.09. The van der Waals surface area contributed by atoms with Crippen LogP contribution in [0.2, 0.25) is 0 Å². The van der Waals surface area contributed by atoms with Gasteiger partial charge >= 0.3 is 0 Å². The zero-order chi connectivity index (χ0) is 16.8. The van der Waals surface area contributed by atoms with Crippen molar-refractivity contribution in [1.29, 1.82) is 0 Å². The highest BCUT2D eigenvalue weighted by Gasteiger charge is 2.17. The molecule has 1 atom stereocenters. The van der Waals surface area contributed by atoms with Crippen molar-refractivity contribution in [3.63, 3.8) is 0 Å². The fourth-order valence-electron chi connectivity index (χ4n) is 2.36. The minimum atomic E-state index is -0.155. The average molecular weight is 332 g/mol. The summed E-state index contributed by atoms with van der Waals surface area (Å²) in [6, 6.07) is 8.66. The first-order valence-electron chi connectivity index (χ1n) is 7.73. The number of rotatable bonds is 7. The first kappa shape index (κ1) is 17.6. The molecule has 2 aromatic rings. The highest BCUT2D eigenvalue weighted by Crippen LogP contribution is 2.18. The lowest BCUT2D eigenvalue weighted by molar-refractivity contribution is 0.0937. The van der Waals surface area contributed by atoms with Crippen LogP contribution in [-0.2, 0) is 13.0 Å². The summed E-state index contributed by atoms with van der Waals surface area (Å²) in [4.78, 5) is 18.5. The van der Waals surface area contributed by atoms with Crippen molar-refractivity contribution in [3.8, 4) is 0 Å². The third-order valence-electron chi connectivity index (χ3n) is 3.81. The molecule has 0 fully saturated rings. The van der Waals surface area contributed by atoms with Crippen LogP contribution >= 0.6 is 11.3 Å². The maximum Gasteiger partial charge on any atom is 0.270 e. The standard InChI is InChI=1S/C17H24N4OS/c1-4-12-5-7-13(8-6-12)15(21(2)3)10-19-17(22)14-11-23-16(9-18)20-14/h5-8,11,15H,4,9-10,18H2,1-3H3,(H,19,22). The van der Waals surface area contributed by atoms with Crippen molar-refractivity contribution in [2.24, 2.45) is 5.73 Å². The molecule has 1 unspecified atom stereocenters. The van der Waals surface area contributed by atoms with E-state index in [1.165, 1.54) is 22.5 Å². The Morgan fingerprint density at radius 2 is 2.04 bits per heavy atom. The Hall–Kier alpha value is -1.76. The van der Waals surface area contributed by atoms with Gasteiger partial charge in [0.05, 0.1) is 6.04 Å². The van der Waals surface area contributed by atoms with Crippen molar-refractivity contribution < 1.29 is 4.79 Å². The topological polar surface area (TPSA) is 71.2 Å². The number of aromatic nitrogens is 1. The number of nitrogens with two attached hydrogens (primary N) is 1. The minimum absolute atomic E-state index is 0.123. The van der Waals surface area contributed by atoms with Gasteiger partial charge in [0.15, 0.2) is 0 Å². The summed E-state index contributed by atoms with van der Waals surface area (Å²) in [5, 5.41) is 5.49. The Morgan fingerprint density at radius 3 is 2.57 bits per heavy atom. The van der Waals surface area contributed by atoms with E-state index < -0.39 is 0 Å². The molecular weight excluding hydrogens is 308 g/mol. The quantitative estimate of drug-likeness (QED) is 0.815. The van der Waals surface area contributed by atoms with Gasteiger partial charge in [0.25, 0.3) is 5.91 Å². The predicted octanol–water partition coefficient (Wildman–Crippen LogP) is 2.20. The first-order valence-corrected chi connectivity index (χ1v) is 8.61. The van der Waals surface area contributed by atoms with Gasteiger partial charge in [-0.3, -0.25) is 4.79 Å². The van der Waals surface area contributed by atoms with Gasteiger partial charge in [0, 0.05) is 18.5 Å². The fraction of sp³-hybridized carbons (Fsp3) is 0.412. The maximum absolute atomic E-state index is 12.2. The normalized spacial score (nSPS) is 12.4. The smallest absolute Gasteiger partial charge is 0.270 e. The van der Waals surface area contributed by atoms with Crippen LogP contribution in [-0.4, -0.2) is 36.4 Å². The van der Waals surface area contributed by atoms with Gasteiger partial charge in [0.1, 0.15) is 10.7 Å². The molecular formula is C17H24N4OS. The van der Waals surface area contributed by atoms with Gasteiger partial charge < -0.3 is 16.0 Å². The van der Waals surface area contributed by atoms with Crippen molar-refractivity contribution in [2.45, 2.75) is 25.9 Å². The molecule has 0 spiro atoms. The van der Waals surface area contributed by atoms with Crippen molar-refractivity contribution >= 4 is 17.2 Å². The second-order valence-corrected chi connectivity index (χ2v) is 6.56. The lowest BCUT2D eigenvalue weighted by atomic mass is 10.0. The number of carbonyl (C=O) groups is 1. The Bertz CT molecular complexity index is 636. The van der Waals surface area contributed by atoms with Crippen LogP contribution < -0.4 is 11.1 Å². The molecule has 0 aliphatic heterocycles. The second-order valence-electron chi connectivity index (χ2n) is 5.62. The van der Waals surface area contributed by atoms with Gasteiger partial charge in [0.2, 0.25) is 0 Å². The lowest BCUT2D eigenvalue weighted by Gasteiger charge is -2.25. The highest BCUT2D eigenvalue weighted by atomic mass is 32.1.